The average molecular weight is 480 g/mol. The van der Waals surface area contributed by atoms with E-state index in [-0.39, 0.29) is 5.75 Å². The van der Waals surface area contributed by atoms with E-state index in [1.165, 1.54) is 12.1 Å². The topological polar surface area (TPSA) is 107 Å². The van der Waals surface area contributed by atoms with Crippen molar-refractivity contribution < 1.29 is 9.50 Å². The summed E-state index contributed by atoms with van der Waals surface area (Å²) in [4.78, 5) is 18.9. The van der Waals surface area contributed by atoms with E-state index in [4.69, 9.17) is 0 Å². The number of aromatic nitrogens is 6. The number of fused-ring (bicyclic) bond motifs is 2. The predicted molar refractivity (Wildman–Crippen MR) is 137 cm³/mol. The number of phenols is 1. The lowest BCUT2D eigenvalue weighted by molar-refractivity contribution is 0.402. The fourth-order valence-electron chi connectivity index (χ4n) is 4.46. The molecule has 4 aromatic heterocycles. The van der Waals surface area contributed by atoms with Gasteiger partial charge in [0.2, 0.25) is 0 Å². The van der Waals surface area contributed by atoms with Gasteiger partial charge in [-0.1, -0.05) is 6.07 Å². The van der Waals surface area contributed by atoms with Crippen molar-refractivity contribution in [2.24, 2.45) is 0 Å². The van der Waals surface area contributed by atoms with Gasteiger partial charge < -0.3 is 15.0 Å². The summed E-state index contributed by atoms with van der Waals surface area (Å²) in [7, 11) is 4.06. The molecular formula is C27H22FN7O. The minimum absolute atomic E-state index is 0.148. The van der Waals surface area contributed by atoms with Crippen molar-refractivity contribution in [1.29, 1.82) is 0 Å². The third kappa shape index (κ3) is 3.95. The number of aromatic hydroxyl groups is 1. The Morgan fingerprint density at radius 2 is 1.86 bits per heavy atom. The van der Waals surface area contributed by atoms with E-state index in [2.05, 4.69) is 47.2 Å². The van der Waals surface area contributed by atoms with Crippen LogP contribution in [0.2, 0.25) is 0 Å². The highest BCUT2D eigenvalue weighted by Gasteiger charge is 2.17. The van der Waals surface area contributed by atoms with Gasteiger partial charge in [-0.3, -0.25) is 10.1 Å². The molecule has 0 aliphatic heterocycles. The molecule has 0 bridgehead atoms. The number of halogens is 1. The van der Waals surface area contributed by atoms with Crippen molar-refractivity contribution in [3.8, 4) is 39.5 Å². The highest BCUT2D eigenvalue weighted by molar-refractivity contribution is 5.97. The molecular weight excluding hydrogens is 457 g/mol. The maximum absolute atomic E-state index is 14.0. The molecule has 9 heteroatoms. The van der Waals surface area contributed by atoms with Crippen LogP contribution in [0.25, 0.3) is 55.8 Å². The predicted octanol–water partition coefficient (Wildman–Crippen LogP) is 5.14. The van der Waals surface area contributed by atoms with E-state index in [1.54, 1.807) is 12.3 Å². The molecule has 3 N–H and O–H groups in total. The summed E-state index contributed by atoms with van der Waals surface area (Å²) < 4.78 is 14.0. The van der Waals surface area contributed by atoms with E-state index in [0.29, 0.717) is 33.8 Å². The van der Waals surface area contributed by atoms with E-state index in [0.717, 1.165) is 40.2 Å². The Morgan fingerprint density at radius 3 is 2.69 bits per heavy atom. The Labute approximate surface area is 205 Å². The molecule has 4 heterocycles. The van der Waals surface area contributed by atoms with Gasteiger partial charge in [-0.25, -0.2) is 14.4 Å². The molecule has 6 rings (SSSR count). The number of aromatic amines is 2. The second-order valence-electron chi connectivity index (χ2n) is 8.99. The minimum Gasteiger partial charge on any atom is -0.508 e. The third-order valence-corrected chi connectivity index (χ3v) is 6.00. The Kier molecular flexibility index (Phi) is 5.19. The normalized spacial score (nSPS) is 11.7. The molecule has 6 aromatic rings. The van der Waals surface area contributed by atoms with Crippen molar-refractivity contribution in [2.75, 3.05) is 14.1 Å². The summed E-state index contributed by atoms with van der Waals surface area (Å²) in [5, 5.41) is 18.4. The standard InChI is InChI=1S/C27H22FN7O/c1-35(2)14-15-7-18(13-29-12-15)16-3-4-23-22(10-16)25(34-33-23)27-31-24-21(5-6-30-26(24)32-27)17-8-19(28)11-20(36)9-17/h3-13,36H,14H2,1-2H3,(H,33,34)(H,30,31,32). The third-order valence-electron chi connectivity index (χ3n) is 6.00. The van der Waals surface area contributed by atoms with E-state index in [9.17, 15) is 9.50 Å². The Hall–Kier alpha value is -4.63. The van der Waals surface area contributed by atoms with Crippen LogP contribution in [0.4, 0.5) is 4.39 Å². The minimum atomic E-state index is -0.523. The summed E-state index contributed by atoms with van der Waals surface area (Å²) in [5.41, 5.74) is 6.98. The first-order chi connectivity index (χ1) is 17.4. The summed E-state index contributed by atoms with van der Waals surface area (Å²) >= 11 is 0. The zero-order chi connectivity index (χ0) is 24.8. The molecule has 0 fully saturated rings. The number of nitrogens with zero attached hydrogens (tertiary/aromatic N) is 5. The van der Waals surface area contributed by atoms with Crippen molar-refractivity contribution in [3.05, 3.63) is 78.5 Å². The van der Waals surface area contributed by atoms with Gasteiger partial charge in [0.15, 0.2) is 11.5 Å². The zero-order valence-corrected chi connectivity index (χ0v) is 19.6. The van der Waals surface area contributed by atoms with Crippen LogP contribution in [-0.2, 0) is 6.54 Å². The lowest BCUT2D eigenvalue weighted by Gasteiger charge is -2.10. The molecule has 0 spiro atoms. The molecule has 0 saturated heterocycles. The largest absolute Gasteiger partial charge is 0.508 e. The molecule has 0 saturated carbocycles. The lowest BCUT2D eigenvalue weighted by Crippen LogP contribution is -2.10. The first kappa shape index (κ1) is 21.9. The molecule has 0 amide bonds. The van der Waals surface area contributed by atoms with E-state index < -0.39 is 5.82 Å². The molecule has 0 atom stereocenters. The maximum Gasteiger partial charge on any atom is 0.178 e. The smallest absolute Gasteiger partial charge is 0.178 e. The summed E-state index contributed by atoms with van der Waals surface area (Å²) in [6, 6.07) is 13.9. The number of H-pyrrole nitrogens is 2. The summed E-state index contributed by atoms with van der Waals surface area (Å²) in [5.74, 6) is -0.136. The average Bonchev–Trinajstić information content (AvgIpc) is 3.46. The molecule has 0 unspecified atom stereocenters. The lowest BCUT2D eigenvalue weighted by atomic mass is 10.0. The monoisotopic (exact) mass is 479 g/mol. The number of rotatable bonds is 5. The van der Waals surface area contributed by atoms with E-state index in [1.807, 2.05) is 38.6 Å². The number of benzene rings is 2. The quantitative estimate of drug-likeness (QED) is 0.316. The van der Waals surface area contributed by atoms with Crippen LogP contribution in [0.3, 0.4) is 0 Å². The van der Waals surface area contributed by atoms with Gasteiger partial charge in [0.25, 0.3) is 0 Å². The fraction of sp³-hybridized carbons (Fsp3) is 0.111. The second-order valence-corrected chi connectivity index (χ2v) is 8.99. The second kappa shape index (κ2) is 8.54. The fourth-order valence-corrected chi connectivity index (χ4v) is 4.46. The number of hydrogen-bond acceptors (Lipinski definition) is 6. The van der Waals surface area contributed by atoms with Crippen molar-refractivity contribution in [3.63, 3.8) is 0 Å². The molecule has 8 nitrogen and oxygen atoms in total. The SMILES string of the molecule is CN(C)Cc1cncc(-c2ccc3[nH]nc(-c4nc5nccc(-c6cc(O)cc(F)c6)c5[nH]4)c3c2)c1. The first-order valence-corrected chi connectivity index (χ1v) is 11.4. The van der Waals surface area contributed by atoms with Crippen molar-refractivity contribution in [2.45, 2.75) is 6.54 Å². The Balaban J connectivity index is 1.45. The van der Waals surface area contributed by atoms with Gasteiger partial charge in [0, 0.05) is 47.7 Å². The van der Waals surface area contributed by atoms with Gasteiger partial charge in [-0.15, -0.1) is 0 Å². The molecule has 0 radical (unpaired) electrons. The number of imidazole rings is 1. The highest BCUT2D eigenvalue weighted by Crippen LogP contribution is 2.33. The number of phenolic OH excluding ortho intramolecular Hbond substituents is 1. The summed E-state index contributed by atoms with van der Waals surface area (Å²) in [6.45, 7) is 0.803. The van der Waals surface area contributed by atoms with Crippen molar-refractivity contribution in [1.82, 2.24) is 35.0 Å². The molecule has 36 heavy (non-hydrogen) atoms. The molecule has 178 valence electrons. The van der Waals surface area contributed by atoms with Crippen LogP contribution < -0.4 is 0 Å². The molecule has 0 aliphatic carbocycles. The Bertz CT molecular complexity index is 1720. The van der Waals surface area contributed by atoms with Crippen LogP contribution in [0.5, 0.6) is 5.75 Å². The maximum atomic E-state index is 14.0. The molecule has 2 aromatic carbocycles. The number of hydrogen-bond donors (Lipinski definition) is 3. The zero-order valence-electron chi connectivity index (χ0n) is 19.6. The molecule has 0 aliphatic rings. The summed E-state index contributed by atoms with van der Waals surface area (Å²) in [6.07, 6.45) is 5.34. The van der Waals surface area contributed by atoms with Gasteiger partial charge in [-0.2, -0.15) is 5.10 Å². The highest BCUT2D eigenvalue weighted by atomic mass is 19.1. The van der Waals surface area contributed by atoms with Gasteiger partial charge >= 0.3 is 0 Å². The van der Waals surface area contributed by atoms with Crippen LogP contribution in [0.1, 0.15) is 5.56 Å². The number of pyridine rings is 2. The number of nitrogens with one attached hydrogen (secondary N) is 2. The Morgan fingerprint density at radius 1 is 0.972 bits per heavy atom. The van der Waals surface area contributed by atoms with Crippen LogP contribution in [0.15, 0.2) is 67.1 Å². The van der Waals surface area contributed by atoms with E-state index >= 15 is 0 Å². The first-order valence-electron chi connectivity index (χ1n) is 11.4. The van der Waals surface area contributed by atoms with Gasteiger partial charge in [-0.05, 0) is 67.2 Å². The van der Waals surface area contributed by atoms with Crippen LogP contribution in [0, 0.1) is 5.82 Å². The van der Waals surface area contributed by atoms with Crippen LogP contribution in [-0.4, -0.2) is 54.2 Å². The van der Waals surface area contributed by atoms with Crippen LogP contribution >= 0.6 is 0 Å². The van der Waals surface area contributed by atoms with Gasteiger partial charge in [0.1, 0.15) is 17.3 Å². The van der Waals surface area contributed by atoms with Crippen molar-refractivity contribution >= 4 is 22.1 Å². The van der Waals surface area contributed by atoms with Gasteiger partial charge in [0.05, 0.1) is 11.0 Å².